The molecule has 1 aromatic rings. The third kappa shape index (κ3) is 3.43. The Morgan fingerprint density at radius 3 is 3.07 bits per heavy atom. The molecule has 0 unspecified atom stereocenters. The smallest absolute Gasteiger partial charge is 0.221 e. The lowest BCUT2D eigenvalue weighted by atomic mass is 10.4. The Labute approximate surface area is 87.5 Å². The van der Waals surface area contributed by atoms with Gasteiger partial charge in [-0.3, -0.25) is 4.79 Å². The summed E-state index contributed by atoms with van der Waals surface area (Å²) < 4.78 is 0. The molecule has 0 saturated heterocycles. The fourth-order valence-corrected chi connectivity index (χ4v) is 1.79. The maximum atomic E-state index is 11.1. The van der Waals surface area contributed by atoms with Crippen LogP contribution in [0.25, 0.3) is 0 Å². The van der Waals surface area contributed by atoms with Crippen molar-refractivity contribution in [3.63, 3.8) is 0 Å². The fraction of sp³-hybridized carbons (Fsp3) is 0.556. The van der Waals surface area contributed by atoms with Crippen LogP contribution in [0.3, 0.4) is 0 Å². The van der Waals surface area contributed by atoms with E-state index in [1.165, 1.54) is 4.88 Å². The van der Waals surface area contributed by atoms with E-state index >= 15 is 0 Å². The zero-order valence-corrected chi connectivity index (χ0v) is 9.06. The van der Waals surface area contributed by atoms with Crippen LogP contribution in [0.1, 0.15) is 23.2 Å². The maximum absolute atomic E-state index is 11.1. The molecule has 0 aromatic carbocycles. The summed E-state index contributed by atoms with van der Waals surface area (Å²) in [4.78, 5) is 16.5. The summed E-state index contributed by atoms with van der Waals surface area (Å²) in [6, 6.07) is 0. The van der Waals surface area contributed by atoms with Crippen LogP contribution in [-0.2, 0) is 17.8 Å². The van der Waals surface area contributed by atoms with Gasteiger partial charge in [0.15, 0.2) is 0 Å². The number of carbonyl (C=O) groups is 1. The zero-order valence-electron chi connectivity index (χ0n) is 8.25. The van der Waals surface area contributed by atoms with Gasteiger partial charge in [0.25, 0.3) is 0 Å². The highest BCUT2D eigenvalue weighted by atomic mass is 32.1. The zero-order chi connectivity index (χ0) is 10.4. The highest BCUT2D eigenvalue weighted by Crippen LogP contribution is 2.12. The van der Waals surface area contributed by atoms with Gasteiger partial charge in [0.2, 0.25) is 5.91 Å². The number of aryl methyl sites for hydroxylation is 1. The second-order valence-corrected chi connectivity index (χ2v) is 4.09. The summed E-state index contributed by atoms with van der Waals surface area (Å²) in [5.41, 5.74) is 5.25. The van der Waals surface area contributed by atoms with Crippen molar-refractivity contribution in [2.45, 2.75) is 26.3 Å². The van der Waals surface area contributed by atoms with E-state index in [-0.39, 0.29) is 5.91 Å². The van der Waals surface area contributed by atoms with Gasteiger partial charge in [-0.05, 0) is 6.42 Å². The van der Waals surface area contributed by atoms with E-state index < -0.39 is 0 Å². The molecule has 0 atom stereocenters. The van der Waals surface area contributed by atoms with E-state index in [1.54, 1.807) is 11.3 Å². The molecule has 0 aliphatic heterocycles. The molecule has 5 heteroatoms. The molecule has 3 N–H and O–H groups in total. The third-order valence-electron chi connectivity index (χ3n) is 1.76. The van der Waals surface area contributed by atoms with Crippen LogP contribution in [0.5, 0.6) is 0 Å². The topological polar surface area (TPSA) is 68.0 Å². The number of rotatable bonds is 5. The summed E-state index contributed by atoms with van der Waals surface area (Å²) in [6.07, 6.45) is 3.23. The molecule has 0 aliphatic carbocycles. The highest BCUT2D eigenvalue weighted by Gasteiger charge is 2.02. The minimum Gasteiger partial charge on any atom is -0.350 e. The van der Waals surface area contributed by atoms with Crippen LogP contribution in [0, 0.1) is 0 Å². The van der Waals surface area contributed by atoms with Crippen LogP contribution < -0.4 is 11.1 Å². The Balaban J connectivity index is 2.34. The van der Waals surface area contributed by atoms with E-state index in [4.69, 9.17) is 5.73 Å². The first kappa shape index (κ1) is 11.1. The largest absolute Gasteiger partial charge is 0.350 e. The van der Waals surface area contributed by atoms with E-state index in [1.807, 2.05) is 6.20 Å². The average molecular weight is 213 g/mol. The third-order valence-corrected chi connectivity index (χ3v) is 2.90. The summed E-state index contributed by atoms with van der Waals surface area (Å²) in [5, 5.41) is 3.72. The van der Waals surface area contributed by atoms with Gasteiger partial charge in [0.05, 0.1) is 6.54 Å². The Morgan fingerprint density at radius 2 is 2.50 bits per heavy atom. The van der Waals surface area contributed by atoms with Gasteiger partial charge in [-0.2, -0.15) is 0 Å². The van der Waals surface area contributed by atoms with Gasteiger partial charge < -0.3 is 11.1 Å². The molecule has 1 rings (SSSR count). The normalized spacial score (nSPS) is 10.1. The first-order valence-corrected chi connectivity index (χ1v) is 5.48. The van der Waals surface area contributed by atoms with Crippen molar-refractivity contribution < 1.29 is 4.79 Å². The molecular formula is C9H15N3OS. The van der Waals surface area contributed by atoms with Gasteiger partial charge in [0, 0.05) is 24.0 Å². The van der Waals surface area contributed by atoms with Crippen molar-refractivity contribution in [1.29, 1.82) is 0 Å². The molecule has 78 valence electrons. The molecule has 0 bridgehead atoms. The number of nitrogens with two attached hydrogens (primary N) is 1. The van der Waals surface area contributed by atoms with E-state index in [0.717, 1.165) is 11.4 Å². The molecule has 0 saturated carbocycles. The van der Waals surface area contributed by atoms with Gasteiger partial charge in [-0.1, -0.05) is 6.92 Å². The van der Waals surface area contributed by atoms with E-state index in [0.29, 0.717) is 19.5 Å². The second-order valence-electron chi connectivity index (χ2n) is 2.89. The number of hydrogen-bond acceptors (Lipinski definition) is 4. The summed E-state index contributed by atoms with van der Waals surface area (Å²) in [6.45, 7) is 3.00. The molecule has 14 heavy (non-hydrogen) atoms. The number of thiazole rings is 1. The number of aromatic nitrogens is 1. The molecule has 0 fully saturated rings. The number of amides is 1. The van der Waals surface area contributed by atoms with Crippen LogP contribution in [0.15, 0.2) is 6.20 Å². The van der Waals surface area contributed by atoms with Gasteiger partial charge in [-0.15, -0.1) is 11.3 Å². The van der Waals surface area contributed by atoms with Crippen molar-refractivity contribution in [2.24, 2.45) is 5.73 Å². The van der Waals surface area contributed by atoms with Crippen LogP contribution in [0.4, 0.5) is 0 Å². The average Bonchev–Trinajstić information content (AvgIpc) is 2.63. The fourth-order valence-electron chi connectivity index (χ4n) is 0.987. The molecule has 0 radical (unpaired) electrons. The minimum atomic E-state index is -0.0132. The van der Waals surface area contributed by atoms with Gasteiger partial charge >= 0.3 is 0 Å². The standard InChI is InChI=1S/C9H15N3OS/c1-2-7-5-12-9(14-7)6-11-8(13)3-4-10/h5H,2-4,6,10H2,1H3,(H,11,13). The van der Waals surface area contributed by atoms with Crippen molar-refractivity contribution in [3.05, 3.63) is 16.1 Å². The first-order chi connectivity index (χ1) is 6.76. The number of carbonyl (C=O) groups excluding carboxylic acids is 1. The summed E-state index contributed by atoms with van der Waals surface area (Å²) in [7, 11) is 0. The SMILES string of the molecule is CCc1cnc(CNC(=O)CCN)s1. The molecular weight excluding hydrogens is 198 g/mol. The quantitative estimate of drug-likeness (QED) is 0.755. The van der Waals surface area contributed by atoms with Crippen molar-refractivity contribution in [3.8, 4) is 0 Å². The number of hydrogen-bond donors (Lipinski definition) is 2. The Morgan fingerprint density at radius 1 is 1.71 bits per heavy atom. The Kier molecular flexibility index (Phi) is 4.55. The summed E-state index contributed by atoms with van der Waals surface area (Å²) in [5.74, 6) is -0.0132. The predicted molar refractivity (Wildman–Crippen MR) is 57.0 cm³/mol. The Hall–Kier alpha value is -0.940. The lowest BCUT2D eigenvalue weighted by molar-refractivity contribution is -0.121. The van der Waals surface area contributed by atoms with Crippen LogP contribution >= 0.6 is 11.3 Å². The molecule has 1 amide bonds. The van der Waals surface area contributed by atoms with E-state index in [2.05, 4.69) is 17.2 Å². The molecule has 1 aromatic heterocycles. The van der Waals surface area contributed by atoms with E-state index in [9.17, 15) is 4.79 Å². The van der Waals surface area contributed by atoms with Crippen molar-refractivity contribution >= 4 is 17.2 Å². The highest BCUT2D eigenvalue weighted by molar-refractivity contribution is 7.11. The number of nitrogens with zero attached hydrogens (tertiary/aromatic N) is 1. The first-order valence-electron chi connectivity index (χ1n) is 4.66. The molecule has 0 aliphatic rings. The maximum Gasteiger partial charge on any atom is 0.221 e. The van der Waals surface area contributed by atoms with Gasteiger partial charge in [-0.25, -0.2) is 4.98 Å². The van der Waals surface area contributed by atoms with Crippen molar-refractivity contribution in [1.82, 2.24) is 10.3 Å². The van der Waals surface area contributed by atoms with Crippen LogP contribution in [-0.4, -0.2) is 17.4 Å². The predicted octanol–water partition coefficient (Wildman–Crippen LogP) is 0.671. The van der Waals surface area contributed by atoms with Crippen LogP contribution in [0.2, 0.25) is 0 Å². The molecule has 1 heterocycles. The molecule has 4 nitrogen and oxygen atoms in total. The van der Waals surface area contributed by atoms with Gasteiger partial charge in [0.1, 0.15) is 5.01 Å². The second kappa shape index (κ2) is 5.72. The monoisotopic (exact) mass is 213 g/mol. The lowest BCUT2D eigenvalue weighted by Gasteiger charge is -2.00. The minimum absolute atomic E-state index is 0.0132. The number of nitrogens with one attached hydrogen (secondary N) is 1. The molecule has 0 spiro atoms. The summed E-state index contributed by atoms with van der Waals surface area (Å²) >= 11 is 1.64. The van der Waals surface area contributed by atoms with Crippen molar-refractivity contribution in [2.75, 3.05) is 6.54 Å². The lowest BCUT2D eigenvalue weighted by Crippen LogP contribution is -2.24. The Bertz CT molecular complexity index is 298.